The lowest BCUT2D eigenvalue weighted by atomic mass is 10.1. The number of nitrogens with one attached hydrogen (secondary N) is 1. The average molecular weight is 494 g/mol. The standard InChI is InChI=1S/C27H31N3O6/c1-33-21-11-9-20(10-12-21)13-14-28-27(32)25-16-24(36-29-25)18-30(17-23-8-5-15-34-23)26(31)19-35-22-6-3-2-4-7-22/h2-4,6-7,9-12,16,23H,5,8,13-15,17-19H2,1H3,(H,28,32). The second-order valence-electron chi connectivity index (χ2n) is 8.54. The minimum Gasteiger partial charge on any atom is -0.497 e. The van der Waals surface area contributed by atoms with E-state index in [1.54, 1.807) is 30.2 Å². The van der Waals surface area contributed by atoms with Crippen molar-refractivity contribution in [1.29, 1.82) is 0 Å². The molecule has 2 amide bonds. The maximum atomic E-state index is 13.0. The van der Waals surface area contributed by atoms with Crippen molar-refractivity contribution in [1.82, 2.24) is 15.4 Å². The van der Waals surface area contributed by atoms with Gasteiger partial charge in [0.15, 0.2) is 18.1 Å². The molecule has 9 nitrogen and oxygen atoms in total. The van der Waals surface area contributed by atoms with E-state index in [2.05, 4.69) is 10.5 Å². The van der Waals surface area contributed by atoms with E-state index in [1.165, 1.54) is 0 Å². The molecule has 1 saturated heterocycles. The van der Waals surface area contributed by atoms with Crippen LogP contribution in [0.5, 0.6) is 11.5 Å². The Kier molecular flexibility index (Phi) is 8.93. The Morgan fingerprint density at radius 3 is 2.64 bits per heavy atom. The van der Waals surface area contributed by atoms with Crippen LogP contribution in [-0.2, 0) is 22.5 Å². The number of para-hydroxylation sites is 1. The van der Waals surface area contributed by atoms with Gasteiger partial charge in [-0.05, 0) is 49.1 Å². The number of carbonyl (C=O) groups is 2. The summed E-state index contributed by atoms with van der Waals surface area (Å²) in [6.45, 7) is 1.62. The zero-order valence-electron chi connectivity index (χ0n) is 20.4. The minimum absolute atomic E-state index is 0.0330. The summed E-state index contributed by atoms with van der Waals surface area (Å²) in [4.78, 5) is 27.1. The van der Waals surface area contributed by atoms with Crippen molar-refractivity contribution in [2.75, 3.05) is 33.4 Å². The van der Waals surface area contributed by atoms with Crippen LogP contribution in [0.4, 0.5) is 0 Å². The molecule has 0 spiro atoms. The molecule has 2 heterocycles. The van der Waals surface area contributed by atoms with E-state index >= 15 is 0 Å². The van der Waals surface area contributed by atoms with E-state index in [-0.39, 0.29) is 36.8 Å². The van der Waals surface area contributed by atoms with Gasteiger partial charge in [0, 0.05) is 25.8 Å². The predicted octanol–water partition coefficient (Wildman–Crippen LogP) is 3.24. The lowest BCUT2D eigenvalue weighted by Gasteiger charge is -2.24. The van der Waals surface area contributed by atoms with E-state index < -0.39 is 0 Å². The fourth-order valence-electron chi connectivity index (χ4n) is 3.93. The Bertz CT molecular complexity index is 1110. The largest absolute Gasteiger partial charge is 0.497 e. The van der Waals surface area contributed by atoms with Gasteiger partial charge in [-0.25, -0.2) is 0 Å². The van der Waals surface area contributed by atoms with Crippen molar-refractivity contribution >= 4 is 11.8 Å². The van der Waals surface area contributed by atoms with Gasteiger partial charge in [-0.2, -0.15) is 0 Å². The highest BCUT2D eigenvalue weighted by molar-refractivity contribution is 5.92. The fourth-order valence-corrected chi connectivity index (χ4v) is 3.93. The van der Waals surface area contributed by atoms with Crippen molar-refractivity contribution in [3.05, 3.63) is 77.7 Å². The third-order valence-corrected chi connectivity index (χ3v) is 5.90. The Hall–Kier alpha value is -3.85. The maximum absolute atomic E-state index is 13.0. The van der Waals surface area contributed by atoms with Crippen molar-refractivity contribution in [3.63, 3.8) is 0 Å². The number of methoxy groups -OCH3 is 1. The van der Waals surface area contributed by atoms with Gasteiger partial charge in [0.1, 0.15) is 11.5 Å². The highest BCUT2D eigenvalue weighted by Gasteiger charge is 2.25. The summed E-state index contributed by atoms with van der Waals surface area (Å²) in [5, 5.41) is 6.75. The zero-order valence-corrected chi connectivity index (χ0v) is 20.4. The molecule has 1 aliphatic heterocycles. The van der Waals surface area contributed by atoms with Gasteiger partial charge in [0.05, 0.1) is 19.8 Å². The molecule has 1 unspecified atom stereocenters. The fraction of sp³-hybridized carbons (Fsp3) is 0.370. The van der Waals surface area contributed by atoms with Crippen LogP contribution in [0, 0.1) is 0 Å². The molecule has 1 atom stereocenters. The molecule has 0 saturated carbocycles. The summed E-state index contributed by atoms with van der Waals surface area (Å²) < 4.78 is 21.9. The summed E-state index contributed by atoms with van der Waals surface area (Å²) in [6.07, 6.45) is 2.50. The first-order chi connectivity index (χ1) is 17.6. The molecule has 1 fully saturated rings. The molecule has 9 heteroatoms. The van der Waals surface area contributed by atoms with Crippen LogP contribution < -0.4 is 14.8 Å². The number of nitrogens with zero attached hydrogens (tertiary/aromatic N) is 2. The number of benzene rings is 2. The van der Waals surface area contributed by atoms with Crippen LogP contribution in [-0.4, -0.2) is 61.4 Å². The van der Waals surface area contributed by atoms with E-state index in [0.29, 0.717) is 37.6 Å². The predicted molar refractivity (Wildman–Crippen MR) is 132 cm³/mol. The Labute approximate surface area is 210 Å². The first-order valence-corrected chi connectivity index (χ1v) is 12.0. The molecule has 2 aromatic carbocycles. The van der Waals surface area contributed by atoms with E-state index in [1.807, 2.05) is 42.5 Å². The van der Waals surface area contributed by atoms with Gasteiger partial charge in [-0.1, -0.05) is 35.5 Å². The molecule has 190 valence electrons. The third kappa shape index (κ3) is 7.32. The van der Waals surface area contributed by atoms with Crippen LogP contribution >= 0.6 is 0 Å². The van der Waals surface area contributed by atoms with Gasteiger partial charge >= 0.3 is 0 Å². The number of ether oxygens (including phenoxy) is 3. The highest BCUT2D eigenvalue weighted by atomic mass is 16.5. The molecule has 1 N–H and O–H groups in total. The van der Waals surface area contributed by atoms with Crippen molar-refractivity contribution < 1.29 is 28.3 Å². The lowest BCUT2D eigenvalue weighted by Crippen LogP contribution is -2.39. The molecular weight excluding hydrogens is 462 g/mol. The molecular formula is C27H31N3O6. The lowest BCUT2D eigenvalue weighted by molar-refractivity contribution is -0.136. The SMILES string of the molecule is COc1ccc(CCNC(=O)c2cc(CN(CC3CCCO3)C(=O)COc3ccccc3)on2)cc1. The topological polar surface area (TPSA) is 103 Å². The van der Waals surface area contributed by atoms with Crippen molar-refractivity contribution in [2.24, 2.45) is 0 Å². The summed E-state index contributed by atoms with van der Waals surface area (Å²) in [5.41, 5.74) is 1.25. The van der Waals surface area contributed by atoms with Crippen LogP contribution in [0.15, 0.2) is 65.2 Å². The van der Waals surface area contributed by atoms with E-state index in [0.717, 1.165) is 24.2 Å². The van der Waals surface area contributed by atoms with Gasteiger partial charge in [0.2, 0.25) is 0 Å². The Morgan fingerprint density at radius 1 is 1.11 bits per heavy atom. The number of aromatic nitrogens is 1. The van der Waals surface area contributed by atoms with Crippen molar-refractivity contribution in [2.45, 2.75) is 31.9 Å². The summed E-state index contributed by atoms with van der Waals surface area (Å²) in [7, 11) is 1.62. The van der Waals surface area contributed by atoms with Crippen LogP contribution in [0.3, 0.4) is 0 Å². The molecule has 0 aliphatic carbocycles. The Balaban J connectivity index is 1.31. The first-order valence-electron chi connectivity index (χ1n) is 12.0. The van der Waals surface area contributed by atoms with Crippen LogP contribution in [0.2, 0.25) is 0 Å². The molecule has 0 bridgehead atoms. The molecule has 1 aliphatic rings. The van der Waals surface area contributed by atoms with Gasteiger partial charge < -0.3 is 29.0 Å². The number of rotatable bonds is 12. The number of amides is 2. The quantitative estimate of drug-likeness (QED) is 0.413. The smallest absolute Gasteiger partial charge is 0.273 e. The van der Waals surface area contributed by atoms with E-state index in [9.17, 15) is 9.59 Å². The normalized spacial score (nSPS) is 14.9. The summed E-state index contributed by atoms with van der Waals surface area (Å²) in [5.74, 6) is 1.30. The maximum Gasteiger partial charge on any atom is 0.273 e. The van der Waals surface area contributed by atoms with Crippen molar-refractivity contribution in [3.8, 4) is 11.5 Å². The molecule has 36 heavy (non-hydrogen) atoms. The summed E-state index contributed by atoms with van der Waals surface area (Å²) in [6, 6.07) is 18.4. The number of hydrogen-bond acceptors (Lipinski definition) is 7. The van der Waals surface area contributed by atoms with Gasteiger partial charge in [0.25, 0.3) is 11.8 Å². The van der Waals surface area contributed by atoms with Crippen LogP contribution in [0.25, 0.3) is 0 Å². The molecule has 4 rings (SSSR count). The molecule has 0 radical (unpaired) electrons. The summed E-state index contributed by atoms with van der Waals surface area (Å²) >= 11 is 0. The Morgan fingerprint density at radius 2 is 1.92 bits per heavy atom. The molecule has 3 aromatic rings. The third-order valence-electron chi connectivity index (χ3n) is 5.90. The second kappa shape index (κ2) is 12.7. The number of hydrogen-bond donors (Lipinski definition) is 1. The second-order valence-corrected chi connectivity index (χ2v) is 8.54. The monoisotopic (exact) mass is 493 g/mol. The minimum atomic E-state index is -0.331. The zero-order chi connectivity index (χ0) is 25.2. The van der Waals surface area contributed by atoms with Crippen LogP contribution in [0.1, 0.15) is 34.7 Å². The highest BCUT2D eigenvalue weighted by Crippen LogP contribution is 2.17. The molecule has 1 aromatic heterocycles. The van der Waals surface area contributed by atoms with Gasteiger partial charge in [-0.15, -0.1) is 0 Å². The first kappa shape index (κ1) is 25.2. The van der Waals surface area contributed by atoms with Gasteiger partial charge in [-0.3, -0.25) is 9.59 Å². The van der Waals surface area contributed by atoms with E-state index in [4.69, 9.17) is 18.7 Å². The average Bonchev–Trinajstić information content (AvgIpc) is 3.60. The number of carbonyl (C=O) groups excluding carboxylic acids is 2.